The van der Waals surface area contributed by atoms with Crippen LogP contribution >= 0.6 is 0 Å². The minimum absolute atomic E-state index is 0.0213. The van der Waals surface area contributed by atoms with E-state index in [0.29, 0.717) is 13.0 Å². The van der Waals surface area contributed by atoms with Crippen LogP contribution in [-0.2, 0) is 0 Å². The van der Waals surface area contributed by atoms with E-state index in [-0.39, 0.29) is 13.2 Å². The minimum atomic E-state index is -0.436. The zero-order valence-corrected chi connectivity index (χ0v) is 7.51. The molecule has 0 aliphatic heterocycles. The molecule has 0 rings (SSSR count). The highest BCUT2D eigenvalue weighted by Crippen LogP contribution is 2.11. The Kier molecular flexibility index (Phi) is 5.73. The zero-order chi connectivity index (χ0) is 9.45. The molecule has 0 fully saturated rings. The van der Waals surface area contributed by atoms with Gasteiger partial charge in [-0.2, -0.15) is 0 Å². The summed E-state index contributed by atoms with van der Waals surface area (Å²) < 4.78 is 0. The molecule has 12 heavy (non-hydrogen) atoms. The highest BCUT2D eigenvalue weighted by atomic mass is 16.3. The van der Waals surface area contributed by atoms with Gasteiger partial charge in [0.05, 0.1) is 13.2 Å². The number of aliphatic hydroxyl groups excluding tert-OH is 2. The van der Waals surface area contributed by atoms with Gasteiger partial charge in [0.25, 0.3) is 0 Å². The van der Waals surface area contributed by atoms with E-state index in [1.54, 1.807) is 0 Å². The standard InChI is InChI=1S/C9H17NO2/c1-3-4-5-10-6-9(2,7-11)8-12/h1,10-12H,4-8H2,2H3. The number of hydrogen-bond acceptors (Lipinski definition) is 3. The fraction of sp³-hybridized carbons (Fsp3) is 0.778. The number of hydrogen-bond donors (Lipinski definition) is 3. The van der Waals surface area contributed by atoms with Crippen LogP contribution in [0, 0.1) is 17.8 Å². The van der Waals surface area contributed by atoms with E-state index in [2.05, 4.69) is 11.2 Å². The molecule has 0 unspecified atom stereocenters. The summed E-state index contributed by atoms with van der Waals surface area (Å²) in [6.07, 6.45) is 5.73. The first-order chi connectivity index (χ1) is 5.68. The predicted octanol–water partition coefficient (Wildman–Crippen LogP) is -0.410. The molecule has 3 nitrogen and oxygen atoms in total. The Morgan fingerprint density at radius 1 is 1.42 bits per heavy atom. The Morgan fingerprint density at radius 3 is 2.42 bits per heavy atom. The molecule has 0 aromatic carbocycles. The van der Waals surface area contributed by atoms with Crippen LogP contribution in [0.3, 0.4) is 0 Å². The van der Waals surface area contributed by atoms with E-state index in [9.17, 15) is 0 Å². The maximum Gasteiger partial charge on any atom is 0.0518 e. The average Bonchev–Trinajstić information content (AvgIpc) is 2.12. The lowest BCUT2D eigenvalue weighted by Gasteiger charge is -2.24. The van der Waals surface area contributed by atoms with Crippen molar-refractivity contribution in [2.75, 3.05) is 26.3 Å². The third kappa shape index (κ3) is 4.35. The van der Waals surface area contributed by atoms with Gasteiger partial charge in [-0.25, -0.2) is 0 Å². The highest BCUT2D eigenvalue weighted by Gasteiger charge is 2.21. The first kappa shape index (κ1) is 11.4. The molecule has 0 aliphatic rings. The fourth-order valence-electron chi connectivity index (χ4n) is 0.713. The molecule has 0 aliphatic carbocycles. The van der Waals surface area contributed by atoms with Gasteiger partial charge in [-0.1, -0.05) is 6.92 Å². The van der Waals surface area contributed by atoms with Crippen LogP contribution in [0.5, 0.6) is 0 Å². The van der Waals surface area contributed by atoms with Crippen molar-refractivity contribution in [3.8, 4) is 12.3 Å². The predicted molar refractivity (Wildman–Crippen MR) is 48.6 cm³/mol. The summed E-state index contributed by atoms with van der Waals surface area (Å²) in [6, 6.07) is 0. The molecule has 0 atom stereocenters. The Bertz CT molecular complexity index is 147. The molecule has 0 aromatic rings. The molecular formula is C9H17NO2. The monoisotopic (exact) mass is 171 g/mol. The lowest BCUT2D eigenvalue weighted by atomic mass is 9.93. The third-order valence-electron chi connectivity index (χ3n) is 1.76. The van der Waals surface area contributed by atoms with Gasteiger partial charge < -0.3 is 15.5 Å². The molecule has 0 radical (unpaired) electrons. The van der Waals surface area contributed by atoms with Crippen LogP contribution in [0.1, 0.15) is 13.3 Å². The largest absolute Gasteiger partial charge is 0.396 e. The number of terminal acetylenes is 1. The summed E-state index contributed by atoms with van der Waals surface area (Å²) in [5.41, 5.74) is -0.436. The Balaban J connectivity index is 3.53. The molecule has 0 aromatic heterocycles. The van der Waals surface area contributed by atoms with Crippen LogP contribution < -0.4 is 5.32 Å². The van der Waals surface area contributed by atoms with Crippen molar-refractivity contribution in [3.63, 3.8) is 0 Å². The van der Waals surface area contributed by atoms with E-state index in [4.69, 9.17) is 16.6 Å². The maximum absolute atomic E-state index is 8.90. The van der Waals surface area contributed by atoms with Gasteiger partial charge in [0.2, 0.25) is 0 Å². The molecule has 3 N–H and O–H groups in total. The van der Waals surface area contributed by atoms with E-state index < -0.39 is 5.41 Å². The van der Waals surface area contributed by atoms with Crippen LogP contribution in [-0.4, -0.2) is 36.5 Å². The molecule has 0 saturated carbocycles. The molecule has 0 spiro atoms. The molecule has 70 valence electrons. The zero-order valence-electron chi connectivity index (χ0n) is 7.51. The fourth-order valence-corrected chi connectivity index (χ4v) is 0.713. The maximum atomic E-state index is 8.90. The van der Waals surface area contributed by atoms with Gasteiger partial charge in [-0.05, 0) is 0 Å². The van der Waals surface area contributed by atoms with Crippen LogP contribution in [0.4, 0.5) is 0 Å². The first-order valence-electron chi connectivity index (χ1n) is 4.04. The summed E-state index contributed by atoms with van der Waals surface area (Å²) in [5, 5.41) is 20.9. The second-order valence-corrected chi connectivity index (χ2v) is 3.26. The van der Waals surface area contributed by atoms with Gasteiger partial charge in [0.1, 0.15) is 0 Å². The number of rotatable bonds is 6. The Hall–Kier alpha value is -0.560. The normalized spacial score (nSPS) is 11.2. The number of nitrogens with one attached hydrogen (secondary N) is 1. The van der Waals surface area contributed by atoms with Gasteiger partial charge in [0, 0.05) is 24.9 Å². The van der Waals surface area contributed by atoms with E-state index in [1.807, 2.05) is 6.92 Å². The van der Waals surface area contributed by atoms with Gasteiger partial charge in [-0.15, -0.1) is 12.3 Å². The SMILES string of the molecule is C#CCCNCC(C)(CO)CO. The topological polar surface area (TPSA) is 52.5 Å². The van der Waals surface area contributed by atoms with Crippen molar-refractivity contribution in [3.05, 3.63) is 0 Å². The van der Waals surface area contributed by atoms with Crippen molar-refractivity contribution in [1.82, 2.24) is 5.32 Å². The summed E-state index contributed by atoms with van der Waals surface area (Å²) in [6.45, 7) is 3.09. The Morgan fingerprint density at radius 2 is 2.00 bits per heavy atom. The second kappa shape index (κ2) is 6.01. The quantitative estimate of drug-likeness (QED) is 0.376. The molecular weight excluding hydrogens is 154 g/mol. The van der Waals surface area contributed by atoms with E-state index in [1.165, 1.54) is 0 Å². The molecule has 0 bridgehead atoms. The lowest BCUT2D eigenvalue weighted by Crippen LogP contribution is -2.38. The summed E-state index contributed by atoms with van der Waals surface area (Å²) in [4.78, 5) is 0. The number of aliphatic hydroxyl groups is 2. The molecule has 0 heterocycles. The van der Waals surface area contributed by atoms with Crippen molar-refractivity contribution in [2.24, 2.45) is 5.41 Å². The first-order valence-corrected chi connectivity index (χ1v) is 4.04. The average molecular weight is 171 g/mol. The van der Waals surface area contributed by atoms with Gasteiger partial charge in [-0.3, -0.25) is 0 Å². The minimum Gasteiger partial charge on any atom is -0.396 e. The van der Waals surface area contributed by atoms with Crippen LogP contribution in [0.2, 0.25) is 0 Å². The van der Waals surface area contributed by atoms with E-state index in [0.717, 1.165) is 6.54 Å². The van der Waals surface area contributed by atoms with Crippen molar-refractivity contribution < 1.29 is 10.2 Å². The second-order valence-electron chi connectivity index (χ2n) is 3.26. The molecule has 0 saturated heterocycles. The smallest absolute Gasteiger partial charge is 0.0518 e. The molecule has 3 heteroatoms. The molecule has 0 amide bonds. The third-order valence-corrected chi connectivity index (χ3v) is 1.76. The summed E-state index contributed by atoms with van der Waals surface area (Å²) in [5.74, 6) is 2.50. The van der Waals surface area contributed by atoms with Crippen molar-refractivity contribution >= 4 is 0 Å². The Labute approximate surface area is 73.8 Å². The summed E-state index contributed by atoms with van der Waals surface area (Å²) in [7, 11) is 0. The van der Waals surface area contributed by atoms with Gasteiger partial charge in [0.15, 0.2) is 0 Å². The van der Waals surface area contributed by atoms with Crippen molar-refractivity contribution in [1.29, 1.82) is 0 Å². The lowest BCUT2D eigenvalue weighted by molar-refractivity contribution is 0.0701. The van der Waals surface area contributed by atoms with Crippen molar-refractivity contribution in [2.45, 2.75) is 13.3 Å². The van der Waals surface area contributed by atoms with Crippen LogP contribution in [0.15, 0.2) is 0 Å². The highest BCUT2D eigenvalue weighted by molar-refractivity contribution is 4.85. The van der Waals surface area contributed by atoms with E-state index >= 15 is 0 Å². The summed E-state index contributed by atoms with van der Waals surface area (Å²) >= 11 is 0. The van der Waals surface area contributed by atoms with Crippen LogP contribution in [0.25, 0.3) is 0 Å². The van der Waals surface area contributed by atoms with Gasteiger partial charge >= 0.3 is 0 Å².